The summed E-state index contributed by atoms with van der Waals surface area (Å²) in [4.78, 5) is 1.70. The Balaban J connectivity index is 2.41. The van der Waals surface area contributed by atoms with Crippen LogP contribution in [0.3, 0.4) is 0 Å². The maximum Gasteiger partial charge on any atom is 0.164 e. The largest absolute Gasteiger partial charge is 0.396 e. The van der Waals surface area contributed by atoms with E-state index in [1.54, 1.807) is 18.0 Å². The van der Waals surface area contributed by atoms with Crippen LogP contribution in [0, 0.1) is 28.9 Å². The average Bonchev–Trinajstić information content (AvgIpc) is 2.46. The highest BCUT2D eigenvalue weighted by molar-refractivity contribution is 5.82. The molecule has 0 saturated heterocycles. The van der Waals surface area contributed by atoms with Gasteiger partial charge in [-0.15, -0.1) is 0 Å². The molecule has 1 aliphatic rings. The first kappa shape index (κ1) is 14.6. The van der Waals surface area contributed by atoms with Crippen LogP contribution in [-0.4, -0.2) is 24.7 Å². The predicted octanol–water partition coefficient (Wildman–Crippen LogP) is 1.59. The number of likely N-dealkylation sites (N-methyl/N-ethyl adjacent to an activating group) is 1. The molecule has 0 spiro atoms. The molecular weight excluding hydrogens is 274 g/mol. The van der Waals surface area contributed by atoms with Crippen molar-refractivity contribution in [1.29, 1.82) is 5.41 Å². The highest BCUT2D eigenvalue weighted by Crippen LogP contribution is 2.18. The lowest BCUT2D eigenvalue weighted by Crippen LogP contribution is -2.30. The summed E-state index contributed by atoms with van der Waals surface area (Å²) in [5, 5.41) is 7.28. The van der Waals surface area contributed by atoms with Crippen molar-refractivity contribution >= 4 is 11.9 Å². The highest BCUT2D eigenvalue weighted by Gasteiger charge is 2.14. The number of anilines is 1. The van der Waals surface area contributed by atoms with Gasteiger partial charge in [-0.1, -0.05) is 11.8 Å². The summed E-state index contributed by atoms with van der Waals surface area (Å²) in [6.45, 7) is 0.404. The van der Waals surface area contributed by atoms with E-state index < -0.39 is 11.6 Å². The van der Waals surface area contributed by atoms with Crippen LogP contribution in [-0.2, 0) is 0 Å². The first-order valence-electron chi connectivity index (χ1n) is 6.11. The van der Waals surface area contributed by atoms with Crippen molar-refractivity contribution in [3.05, 3.63) is 52.4 Å². The monoisotopic (exact) mass is 288 g/mol. The Morgan fingerprint density at radius 3 is 2.67 bits per heavy atom. The van der Waals surface area contributed by atoms with E-state index in [1.165, 1.54) is 0 Å². The van der Waals surface area contributed by atoms with E-state index in [0.29, 0.717) is 23.5 Å². The van der Waals surface area contributed by atoms with E-state index in [2.05, 4.69) is 11.8 Å². The van der Waals surface area contributed by atoms with Crippen LogP contribution in [0.25, 0.3) is 0 Å². The first-order chi connectivity index (χ1) is 9.93. The zero-order valence-corrected chi connectivity index (χ0v) is 11.4. The van der Waals surface area contributed by atoms with E-state index in [4.69, 9.17) is 16.9 Å². The fraction of sp³-hybridized carbons (Fsp3) is 0.133. The molecule has 6 heteroatoms. The van der Waals surface area contributed by atoms with Crippen LogP contribution in [0.15, 0.2) is 35.2 Å². The Morgan fingerprint density at radius 2 is 2.00 bits per heavy atom. The summed E-state index contributed by atoms with van der Waals surface area (Å²) in [5.41, 5.74) is 11.8. The highest BCUT2D eigenvalue weighted by atomic mass is 19.1. The number of nitrogen functional groups attached to an aromatic ring is 1. The maximum absolute atomic E-state index is 13.7. The molecule has 0 fully saturated rings. The molecule has 0 bridgehead atoms. The molecule has 21 heavy (non-hydrogen) atoms. The molecule has 1 heterocycles. The molecule has 0 radical (unpaired) electrons. The number of nitrogens with one attached hydrogen (secondary N) is 1. The number of rotatable bonds is 1. The molecular formula is C15H14F2N4. The smallest absolute Gasteiger partial charge is 0.164 e. The third kappa shape index (κ3) is 2.87. The number of benzene rings is 1. The zero-order chi connectivity index (χ0) is 15.6. The zero-order valence-electron chi connectivity index (χ0n) is 11.4. The SMILES string of the molecule is CN1CC(C#Cc2c(F)ccc(N)c2F)=CC(C=N)=C1N. The number of hydrogen-bond acceptors (Lipinski definition) is 4. The number of hydrogen-bond donors (Lipinski definition) is 3. The summed E-state index contributed by atoms with van der Waals surface area (Å²) in [5.74, 6) is 3.99. The third-order valence-corrected chi connectivity index (χ3v) is 3.07. The topological polar surface area (TPSA) is 79.1 Å². The number of halogens is 2. The van der Waals surface area contributed by atoms with E-state index in [1.807, 2.05) is 0 Å². The third-order valence-electron chi connectivity index (χ3n) is 3.07. The second kappa shape index (κ2) is 5.67. The van der Waals surface area contributed by atoms with Gasteiger partial charge in [0, 0.05) is 24.4 Å². The maximum atomic E-state index is 13.7. The summed E-state index contributed by atoms with van der Waals surface area (Å²) in [6, 6.07) is 2.23. The van der Waals surface area contributed by atoms with Crippen LogP contribution in [0.5, 0.6) is 0 Å². The molecule has 1 aliphatic heterocycles. The molecule has 0 atom stereocenters. The van der Waals surface area contributed by atoms with Gasteiger partial charge in [-0.2, -0.15) is 0 Å². The predicted molar refractivity (Wildman–Crippen MR) is 78.4 cm³/mol. The first-order valence-corrected chi connectivity index (χ1v) is 6.11. The lowest BCUT2D eigenvalue weighted by atomic mass is 10.1. The van der Waals surface area contributed by atoms with Gasteiger partial charge in [0.25, 0.3) is 0 Å². The van der Waals surface area contributed by atoms with Crippen molar-refractivity contribution in [1.82, 2.24) is 4.90 Å². The Bertz CT molecular complexity index is 723. The number of allylic oxidation sites excluding steroid dienone is 2. The van der Waals surface area contributed by atoms with Gasteiger partial charge in [0.2, 0.25) is 0 Å². The Labute approximate surface area is 121 Å². The van der Waals surface area contributed by atoms with E-state index >= 15 is 0 Å². The van der Waals surface area contributed by atoms with Crippen molar-refractivity contribution in [3.8, 4) is 11.8 Å². The Morgan fingerprint density at radius 1 is 1.29 bits per heavy atom. The molecule has 0 unspecified atom stereocenters. The molecule has 4 nitrogen and oxygen atoms in total. The molecule has 0 aromatic heterocycles. The van der Waals surface area contributed by atoms with Crippen LogP contribution in [0.1, 0.15) is 5.56 Å². The van der Waals surface area contributed by atoms with Gasteiger partial charge in [-0.05, 0) is 18.2 Å². The molecule has 5 N–H and O–H groups in total. The van der Waals surface area contributed by atoms with E-state index in [-0.39, 0.29) is 11.3 Å². The van der Waals surface area contributed by atoms with Gasteiger partial charge in [-0.25, -0.2) is 8.78 Å². The molecule has 2 rings (SSSR count). The second-order valence-electron chi connectivity index (χ2n) is 4.59. The summed E-state index contributed by atoms with van der Waals surface area (Å²) < 4.78 is 27.3. The van der Waals surface area contributed by atoms with Gasteiger partial charge in [0.15, 0.2) is 5.82 Å². The van der Waals surface area contributed by atoms with Crippen LogP contribution < -0.4 is 11.5 Å². The second-order valence-corrected chi connectivity index (χ2v) is 4.59. The molecule has 1 aromatic carbocycles. The number of nitrogens with zero attached hydrogens (tertiary/aromatic N) is 1. The molecule has 0 saturated carbocycles. The summed E-state index contributed by atoms with van der Waals surface area (Å²) >= 11 is 0. The fourth-order valence-electron chi connectivity index (χ4n) is 1.89. The van der Waals surface area contributed by atoms with Gasteiger partial charge >= 0.3 is 0 Å². The quantitative estimate of drug-likeness (QED) is 0.417. The average molecular weight is 288 g/mol. The fourth-order valence-corrected chi connectivity index (χ4v) is 1.89. The van der Waals surface area contributed by atoms with Crippen molar-refractivity contribution in [2.24, 2.45) is 5.73 Å². The number of nitrogens with two attached hydrogens (primary N) is 2. The lowest BCUT2D eigenvalue weighted by molar-refractivity contribution is 0.444. The van der Waals surface area contributed by atoms with Crippen LogP contribution >= 0.6 is 0 Å². The standard InChI is InChI=1S/C15H14F2N4/c1-21-8-9(6-10(7-18)15(21)20)2-3-11-12(16)4-5-13(19)14(11)17/h4-7,18H,8,19-20H2,1H3. The normalized spacial score (nSPS) is 14.4. The van der Waals surface area contributed by atoms with E-state index in [9.17, 15) is 8.78 Å². The van der Waals surface area contributed by atoms with Gasteiger partial charge < -0.3 is 21.8 Å². The minimum atomic E-state index is -0.866. The molecule has 108 valence electrons. The van der Waals surface area contributed by atoms with Crippen molar-refractivity contribution in [3.63, 3.8) is 0 Å². The van der Waals surface area contributed by atoms with E-state index in [0.717, 1.165) is 18.3 Å². The lowest BCUT2D eigenvalue weighted by Gasteiger charge is -2.24. The minimum absolute atomic E-state index is 0.153. The van der Waals surface area contributed by atoms with Crippen molar-refractivity contribution in [2.75, 3.05) is 19.3 Å². The van der Waals surface area contributed by atoms with Gasteiger partial charge in [0.05, 0.1) is 17.8 Å². The van der Waals surface area contributed by atoms with Gasteiger partial charge in [-0.3, -0.25) is 0 Å². The van der Waals surface area contributed by atoms with Gasteiger partial charge in [0.1, 0.15) is 11.6 Å². The van der Waals surface area contributed by atoms with Crippen LogP contribution in [0.2, 0.25) is 0 Å². The van der Waals surface area contributed by atoms with Crippen LogP contribution in [0.4, 0.5) is 14.5 Å². The van der Waals surface area contributed by atoms with Crippen molar-refractivity contribution < 1.29 is 8.78 Å². The summed E-state index contributed by atoms with van der Waals surface area (Å²) in [7, 11) is 1.75. The molecule has 0 aliphatic carbocycles. The van der Waals surface area contributed by atoms with Crippen molar-refractivity contribution in [2.45, 2.75) is 0 Å². The summed E-state index contributed by atoms with van der Waals surface area (Å²) in [6.07, 6.45) is 2.73. The minimum Gasteiger partial charge on any atom is -0.396 e. The Kier molecular flexibility index (Phi) is 3.94. The Hall–Kier alpha value is -2.81. The molecule has 1 aromatic rings. The molecule has 0 amide bonds.